The molecule has 0 bridgehead atoms. The van der Waals surface area contributed by atoms with Crippen molar-refractivity contribution in [3.05, 3.63) is 64.5 Å². The van der Waals surface area contributed by atoms with Crippen molar-refractivity contribution < 1.29 is 4.79 Å². The maximum atomic E-state index is 12.3. The van der Waals surface area contributed by atoms with E-state index >= 15 is 0 Å². The van der Waals surface area contributed by atoms with Crippen molar-refractivity contribution in [3.8, 4) is 0 Å². The number of fused-ring (bicyclic) bond motifs is 1. The molecule has 0 amide bonds. The lowest BCUT2D eigenvalue weighted by Gasteiger charge is -2.04. The van der Waals surface area contributed by atoms with Crippen LogP contribution in [0.5, 0.6) is 0 Å². The average Bonchev–Trinajstić information content (AvgIpc) is 2.97. The largest absolute Gasteiger partial charge is 0.294 e. The molecular weight excluding hydrogens is 254 g/mol. The first kappa shape index (κ1) is 12.1. The number of pyridine rings is 1. The van der Waals surface area contributed by atoms with Gasteiger partial charge in [0, 0.05) is 28.4 Å². The normalized spacial score (nSPS) is 10.7. The van der Waals surface area contributed by atoms with E-state index in [1.807, 2.05) is 41.8 Å². The first-order valence-corrected chi connectivity index (χ1v) is 7.12. The molecule has 0 N–H and O–H groups in total. The Bertz CT molecular complexity index is 698. The van der Waals surface area contributed by atoms with Crippen LogP contribution in [0.25, 0.3) is 10.9 Å². The van der Waals surface area contributed by atoms with Crippen LogP contribution in [-0.2, 0) is 6.42 Å². The molecule has 3 aromatic rings. The summed E-state index contributed by atoms with van der Waals surface area (Å²) in [6.45, 7) is 0. The van der Waals surface area contributed by atoms with Crippen molar-refractivity contribution in [1.82, 2.24) is 4.98 Å². The van der Waals surface area contributed by atoms with Crippen molar-refractivity contribution in [1.29, 1.82) is 0 Å². The number of thiophene rings is 1. The van der Waals surface area contributed by atoms with Gasteiger partial charge in [-0.1, -0.05) is 24.3 Å². The summed E-state index contributed by atoms with van der Waals surface area (Å²) < 4.78 is 0. The highest BCUT2D eigenvalue weighted by Gasteiger charge is 2.10. The molecule has 1 aromatic carbocycles. The van der Waals surface area contributed by atoms with Crippen LogP contribution in [0, 0.1) is 0 Å². The SMILES string of the molecule is O=C(CCc1cccs1)c1cccc2ncccc12. The number of nitrogens with zero attached hydrogens (tertiary/aromatic N) is 1. The highest BCUT2D eigenvalue weighted by Crippen LogP contribution is 2.19. The number of rotatable bonds is 4. The van der Waals surface area contributed by atoms with Gasteiger partial charge in [0.25, 0.3) is 0 Å². The van der Waals surface area contributed by atoms with Gasteiger partial charge in [0.1, 0.15) is 0 Å². The molecule has 0 saturated carbocycles. The lowest BCUT2D eigenvalue weighted by Crippen LogP contribution is -2.01. The Labute approximate surface area is 115 Å². The zero-order valence-electron chi connectivity index (χ0n) is 10.4. The molecule has 0 aliphatic carbocycles. The van der Waals surface area contributed by atoms with Crippen LogP contribution in [0.1, 0.15) is 21.7 Å². The summed E-state index contributed by atoms with van der Waals surface area (Å²) >= 11 is 1.70. The van der Waals surface area contributed by atoms with E-state index in [4.69, 9.17) is 0 Å². The van der Waals surface area contributed by atoms with Crippen LogP contribution in [0.2, 0.25) is 0 Å². The molecule has 2 heterocycles. The van der Waals surface area contributed by atoms with Gasteiger partial charge in [-0.2, -0.15) is 0 Å². The number of benzene rings is 1. The molecule has 0 spiro atoms. The molecule has 2 nitrogen and oxygen atoms in total. The van der Waals surface area contributed by atoms with Crippen molar-refractivity contribution in [2.24, 2.45) is 0 Å². The van der Waals surface area contributed by atoms with Gasteiger partial charge in [-0.15, -0.1) is 11.3 Å². The molecule has 0 radical (unpaired) electrons. The van der Waals surface area contributed by atoms with Crippen LogP contribution < -0.4 is 0 Å². The Morgan fingerprint density at radius 1 is 1.11 bits per heavy atom. The Morgan fingerprint density at radius 2 is 2.05 bits per heavy atom. The molecule has 0 saturated heterocycles. The minimum Gasteiger partial charge on any atom is -0.294 e. The highest BCUT2D eigenvalue weighted by molar-refractivity contribution is 7.09. The third kappa shape index (κ3) is 2.56. The summed E-state index contributed by atoms with van der Waals surface area (Å²) in [7, 11) is 0. The molecule has 0 fully saturated rings. The Morgan fingerprint density at radius 3 is 2.89 bits per heavy atom. The van der Waals surface area contributed by atoms with E-state index < -0.39 is 0 Å². The Kier molecular flexibility index (Phi) is 3.38. The number of carbonyl (C=O) groups excluding carboxylic acids is 1. The van der Waals surface area contributed by atoms with Gasteiger partial charge in [-0.05, 0) is 30.0 Å². The highest BCUT2D eigenvalue weighted by atomic mass is 32.1. The van der Waals surface area contributed by atoms with E-state index in [-0.39, 0.29) is 5.78 Å². The summed E-state index contributed by atoms with van der Waals surface area (Å²) in [5.74, 6) is 0.187. The maximum Gasteiger partial charge on any atom is 0.163 e. The molecule has 3 rings (SSSR count). The third-order valence-electron chi connectivity index (χ3n) is 3.12. The average molecular weight is 267 g/mol. The fourth-order valence-corrected chi connectivity index (χ4v) is 2.88. The predicted octanol–water partition coefficient (Wildman–Crippen LogP) is 4.11. The molecule has 0 aliphatic rings. The molecule has 94 valence electrons. The topological polar surface area (TPSA) is 30.0 Å². The summed E-state index contributed by atoms with van der Waals surface area (Å²) in [5, 5.41) is 2.99. The molecule has 2 aromatic heterocycles. The minimum absolute atomic E-state index is 0.187. The van der Waals surface area contributed by atoms with Crippen molar-refractivity contribution in [2.75, 3.05) is 0 Å². The van der Waals surface area contributed by atoms with Gasteiger partial charge < -0.3 is 0 Å². The number of aromatic nitrogens is 1. The van der Waals surface area contributed by atoms with Gasteiger partial charge in [0.15, 0.2) is 5.78 Å². The molecule has 19 heavy (non-hydrogen) atoms. The molecule has 0 atom stereocenters. The first-order chi connectivity index (χ1) is 9.34. The predicted molar refractivity (Wildman–Crippen MR) is 78.7 cm³/mol. The quantitative estimate of drug-likeness (QED) is 0.666. The number of Topliss-reactive ketones (excluding diaryl/α,β-unsaturated/α-hetero) is 1. The zero-order valence-corrected chi connectivity index (χ0v) is 11.2. The van der Waals surface area contributed by atoms with Crippen LogP contribution in [-0.4, -0.2) is 10.8 Å². The zero-order chi connectivity index (χ0) is 13.1. The fraction of sp³-hybridized carbons (Fsp3) is 0.125. The van der Waals surface area contributed by atoms with Crippen LogP contribution in [0.3, 0.4) is 0 Å². The van der Waals surface area contributed by atoms with Gasteiger partial charge in [-0.25, -0.2) is 0 Å². The van der Waals surface area contributed by atoms with Crippen molar-refractivity contribution in [3.63, 3.8) is 0 Å². The minimum atomic E-state index is 0.187. The summed E-state index contributed by atoms with van der Waals surface area (Å²) in [5.41, 5.74) is 1.66. The Balaban J connectivity index is 1.85. The van der Waals surface area contributed by atoms with Gasteiger partial charge >= 0.3 is 0 Å². The third-order valence-corrected chi connectivity index (χ3v) is 4.06. The van der Waals surface area contributed by atoms with Crippen LogP contribution in [0.15, 0.2) is 54.0 Å². The summed E-state index contributed by atoms with van der Waals surface area (Å²) in [6, 6.07) is 13.6. The number of hydrogen-bond acceptors (Lipinski definition) is 3. The number of carbonyl (C=O) groups is 1. The summed E-state index contributed by atoms with van der Waals surface area (Å²) in [4.78, 5) is 17.9. The molecule has 0 unspecified atom stereocenters. The molecule has 3 heteroatoms. The van der Waals surface area contributed by atoms with E-state index in [0.717, 1.165) is 22.9 Å². The molecular formula is C16H13NOS. The molecule has 0 aliphatic heterocycles. The van der Waals surface area contributed by atoms with Gasteiger partial charge in [-0.3, -0.25) is 9.78 Å². The number of hydrogen-bond donors (Lipinski definition) is 0. The van der Waals surface area contributed by atoms with E-state index in [1.54, 1.807) is 17.5 Å². The number of ketones is 1. The first-order valence-electron chi connectivity index (χ1n) is 6.24. The van der Waals surface area contributed by atoms with E-state index in [2.05, 4.69) is 11.1 Å². The second kappa shape index (κ2) is 5.33. The lowest BCUT2D eigenvalue weighted by atomic mass is 10.0. The van der Waals surface area contributed by atoms with Gasteiger partial charge in [0.05, 0.1) is 5.52 Å². The fourth-order valence-electron chi connectivity index (χ4n) is 2.17. The van der Waals surface area contributed by atoms with E-state index in [0.29, 0.717) is 6.42 Å². The second-order valence-electron chi connectivity index (χ2n) is 4.38. The van der Waals surface area contributed by atoms with Crippen molar-refractivity contribution >= 4 is 28.0 Å². The van der Waals surface area contributed by atoms with E-state index in [1.165, 1.54) is 4.88 Å². The maximum absolute atomic E-state index is 12.3. The standard InChI is InChI=1S/C16H13NOS/c18-16(9-8-12-4-3-11-19-12)14-5-1-7-15-13(14)6-2-10-17-15/h1-7,10-11H,8-9H2. The Hall–Kier alpha value is -2.00. The monoisotopic (exact) mass is 267 g/mol. The summed E-state index contributed by atoms with van der Waals surface area (Å²) in [6.07, 6.45) is 3.11. The van der Waals surface area contributed by atoms with E-state index in [9.17, 15) is 4.79 Å². The van der Waals surface area contributed by atoms with Crippen LogP contribution in [0.4, 0.5) is 0 Å². The van der Waals surface area contributed by atoms with Crippen molar-refractivity contribution in [2.45, 2.75) is 12.8 Å². The second-order valence-corrected chi connectivity index (χ2v) is 5.41. The lowest BCUT2D eigenvalue weighted by molar-refractivity contribution is 0.0984. The van der Waals surface area contributed by atoms with Crippen LogP contribution >= 0.6 is 11.3 Å². The van der Waals surface area contributed by atoms with Gasteiger partial charge in [0.2, 0.25) is 0 Å². The number of aryl methyl sites for hydroxylation is 1. The smallest absolute Gasteiger partial charge is 0.163 e.